The van der Waals surface area contributed by atoms with Crippen LogP contribution in [0.15, 0.2) is 48.6 Å². The van der Waals surface area contributed by atoms with Crippen molar-refractivity contribution in [1.29, 1.82) is 0 Å². The van der Waals surface area contributed by atoms with E-state index in [1.54, 1.807) is 0 Å². The summed E-state index contributed by atoms with van der Waals surface area (Å²) in [7, 11) is 0. The van der Waals surface area contributed by atoms with Crippen LogP contribution in [-0.4, -0.2) is 0 Å². The number of rotatable bonds is 2. The Bertz CT molecular complexity index is 196. The Morgan fingerprint density at radius 2 is 1.00 bits per heavy atom. The summed E-state index contributed by atoms with van der Waals surface area (Å²) in [6, 6.07) is 0. The molecule has 0 unspecified atom stereocenters. The fourth-order valence-electron chi connectivity index (χ4n) is 1.19. The summed E-state index contributed by atoms with van der Waals surface area (Å²) in [4.78, 5) is 0. The van der Waals surface area contributed by atoms with E-state index >= 15 is 0 Å². The molecule has 0 aromatic heterocycles. The molecule has 0 bridgehead atoms. The van der Waals surface area contributed by atoms with Crippen LogP contribution in [0.2, 0.25) is 8.62 Å². The summed E-state index contributed by atoms with van der Waals surface area (Å²) >= 11 is -0.227. The maximum atomic E-state index is 2.34. The zero-order chi connectivity index (χ0) is 7.52. The standard InChI is InChI=1S/2C5H5.W/c2*1-2-4-5-3-1;/h2*1-5H;. The summed E-state index contributed by atoms with van der Waals surface area (Å²) in [5.74, 6) is 0. The van der Waals surface area contributed by atoms with Gasteiger partial charge in [0.15, 0.2) is 0 Å². The fraction of sp³-hybridized carbons (Fsp3) is 0.200. The Balaban J connectivity index is 1.90. The third-order valence-corrected chi connectivity index (χ3v) is 6.26. The van der Waals surface area contributed by atoms with E-state index in [0.717, 1.165) is 8.62 Å². The van der Waals surface area contributed by atoms with Gasteiger partial charge < -0.3 is 0 Å². The number of hydrogen-bond acceptors (Lipinski definition) is 0. The first kappa shape index (κ1) is 7.31. The second kappa shape index (κ2) is 3.36. The predicted molar refractivity (Wildman–Crippen MR) is 44.1 cm³/mol. The molecule has 0 saturated carbocycles. The van der Waals surface area contributed by atoms with Gasteiger partial charge in [0, 0.05) is 0 Å². The molecule has 0 aromatic rings. The van der Waals surface area contributed by atoms with Gasteiger partial charge in [0.2, 0.25) is 0 Å². The summed E-state index contributed by atoms with van der Waals surface area (Å²) < 4.78 is 1.68. The second-order valence-corrected chi connectivity index (χ2v) is 7.49. The summed E-state index contributed by atoms with van der Waals surface area (Å²) in [6.45, 7) is 0. The average Bonchev–Trinajstić information content (AvgIpc) is 2.60. The van der Waals surface area contributed by atoms with Crippen LogP contribution in [0.5, 0.6) is 0 Å². The van der Waals surface area contributed by atoms with Crippen LogP contribution in [-0.2, 0) is 18.6 Å². The minimum absolute atomic E-state index is 0.227. The van der Waals surface area contributed by atoms with Gasteiger partial charge in [-0.25, -0.2) is 0 Å². The monoisotopic (exact) mass is 314 g/mol. The van der Waals surface area contributed by atoms with Gasteiger partial charge in [0.25, 0.3) is 0 Å². The zero-order valence-corrected chi connectivity index (χ0v) is 9.12. The molecule has 2 rings (SSSR count). The Morgan fingerprint density at radius 3 is 1.36 bits per heavy atom. The third kappa shape index (κ3) is 1.81. The van der Waals surface area contributed by atoms with E-state index in [0.29, 0.717) is 0 Å². The van der Waals surface area contributed by atoms with Gasteiger partial charge in [-0.05, 0) is 0 Å². The summed E-state index contributed by atoms with van der Waals surface area (Å²) in [5, 5.41) is 0. The van der Waals surface area contributed by atoms with Gasteiger partial charge in [0.1, 0.15) is 0 Å². The first-order valence-electron chi connectivity index (χ1n) is 3.80. The van der Waals surface area contributed by atoms with Crippen molar-refractivity contribution in [1.82, 2.24) is 0 Å². The second-order valence-electron chi connectivity index (χ2n) is 2.60. The van der Waals surface area contributed by atoms with E-state index in [2.05, 4.69) is 48.6 Å². The molecule has 56 valence electrons. The first-order valence-corrected chi connectivity index (χ1v) is 7.19. The molecule has 0 heterocycles. The molecular formula is C10H10W. The Kier molecular flexibility index (Phi) is 2.23. The Hall–Kier alpha value is -0.352. The van der Waals surface area contributed by atoms with Crippen LogP contribution in [0, 0.1) is 0 Å². The van der Waals surface area contributed by atoms with Crippen molar-refractivity contribution in [2.45, 2.75) is 8.62 Å². The van der Waals surface area contributed by atoms with Crippen molar-refractivity contribution in [3.8, 4) is 0 Å². The Morgan fingerprint density at radius 1 is 0.636 bits per heavy atom. The SMILES string of the molecule is C1=C[CH]([W][CH]2C=CC=C2)C=C1. The van der Waals surface area contributed by atoms with E-state index in [4.69, 9.17) is 0 Å². The molecule has 2 aliphatic rings. The molecule has 0 amide bonds. The molecule has 0 spiro atoms. The topological polar surface area (TPSA) is 0 Å². The van der Waals surface area contributed by atoms with E-state index in [-0.39, 0.29) is 18.6 Å². The van der Waals surface area contributed by atoms with Crippen molar-refractivity contribution >= 4 is 0 Å². The molecule has 2 aliphatic carbocycles. The van der Waals surface area contributed by atoms with E-state index in [1.807, 2.05) is 0 Å². The van der Waals surface area contributed by atoms with Crippen LogP contribution in [0.25, 0.3) is 0 Å². The molecule has 0 N–H and O–H groups in total. The predicted octanol–water partition coefficient (Wildman–Crippen LogP) is 2.90. The average molecular weight is 314 g/mol. The van der Waals surface area contributed by atoms with E-state index in [9.17, 15) is 0 Å². The zero-order valence-electron chi connectivity index (χ0n) is 6.18. The van der Waals surface area contributed by atoms with Crippen molar-refractivity contribution < 1.29 is 18.6 Å². The van der Waals surface area contributed by atoms with Crippen LogP contribution < -0.4 is 0 Å². The molecule has 0 aromatic carbocycles. The van der Waals surface area contributed by atoms with Gasteiger partial charge in [0.05, 0.1) is 0 Å². The van der Waals surface area contributed by atoms with Gasteiger partial charge in [-0.1, -0.05) is 0 Å². The molecular weight excluding hydrogens is 304 g/mol. The first-order chi connectivity index (χ1) is 5.45. The number of allylic oxidation sites excluding steroid dienone is 8. The van der Waals surface area contributed by atoms with E-state index in [1.165, 1.54) is 0 Å². The van der Waals surface area contributed by atoms with Gasteiger partial charge >= 0.3 is 75.8 Å². The molecule has 11 heavy (non-hydrogen) atoms. The molecule has 0 atom stereocenters. The van der Waals surface area contributed by atoms with Crippen LogP contribution in [0.3, 0.4) is 0 Å². The van der Waals surface area contributed by atoms with Crippen molar-refractivity contribution in [3.63, 3.8) is 0 Å². The van der Waals surface area contributed by atoms with Crippen LogP contribution >= 0.6 is 0 Å². The molecule has 1 heteroatoms. The molecule has 0 saturated heterocycles. The maximum absolute atomic E-state index is 2.34. The number of hydrogen-bond donors (Lipinski definition) is 0. The van der Waals surface area contributed by atoms with Gasteiger partial charge in [-0.2, -0.15) is 0 Å². The fourth-order valence-corrected chi connectivity index (χ4v) is 5.10. The summed E-state index contributed by atoms with van der Waals surface area (Å²) in [6.07, 6.45) is 18.0. The van der Waals surface area contributed by atoms with Crippen molar-refractivity contribution in [2.24, 2.45) is 0 Å². The normalized spacial score (nSPS) is 22.5. The molecule has 0 nitrogen and oxygen atoms in total. The van der Waals surface area contributed by atoms with Crippen LogP contribution in [0.1, 0.15) is 0 Å². The summed E-state index contributed by atoms with van der Waals surface area (Å²) in [5.41, 5.74) is 0. The molecule has 0 radical (unpaired) electrons. The third-order valence-electron chi connectivity index (χ3n) is 1.74. The quantitative estimate of drug-likeness (QED) is 0.735. The van der Waals surface area contributed by atoms with Gasteiger partial charge in [-0.15, -0.1) is 0 Å². The van der Waals surface area contributed by atoms with Crippen molar-refractivity contribution in [3.05, 3.63) is 48.6 Å². The van der Waals surface area contributed by atoms with Crippen LogP contribution in [0.4, 0.5) is 0 Å². The minimum atomic E-state index is -0.227. The Labute approximate surface area is 75.9 Å². The molecule has 0 fully saturated rings. The van der Waals surface area contributed by atoms with E-state index < -0.39 is 0 Å². The van der Waals surface area contributed by atoms with Gasteiger partial charge in [-0.3, -0.25) is 0 Å². The van der Waals surface area contributed by atoms with Crippen molar-refractivity contribution in [2.75, 3.05) is 0 Å². The molecule has 0 aliphatic heterocycles.